The van der Waals surface area contributed by atoms with E-state index in [1.807, 2.05) is 31.5 Å². The van der Waals surface area contributed by atoms with Crippen LogP contribution in [0, 0.1) is 5.82 Å². The Morgan fingerprint density at radius 1 is 1.25 bits per heavy atom. The summed E-state index contributed by atoms with van der Waals surface area (Å²) in [7, 11) is 1.78. The molecular formula is C22H25FN6O2S. The summed E-state index contributed by atoms with van der Waals surface area (Å²) >= 11 is 1.51. The van der Waals surface area contributed by atoms with Gasteiger partial charge in [0.2, 0.25) is 0 Å². The van der Waals surface area contributed by atoms with Crippen molar-refractivity contribution in [1.82, 2.24) is 29.4 Å². The summed E-state index contributed by atoms with van der Waals surface area (Å²) < 4.78 is 23.6. The Morgan fingerprint density at radius 2 is 2.00 bits per heavy atom. The Labute approximate surface area is 188 Å². The molecule has 0 atom stereocenters. The van der Waals surface area contributed by atoms with Crippen LogP contribution < -0.4 is 0 Å². The van der Waals surface area contributed by atoms with Crippen molar-refractivity contribution in [2.24, 2.45) is 7.05 Å². The Kier molecular flexibility index (Phi) is 4.92. The summed E-state index contributed by atoms with van der Waals surface area (Å²) in [4.78, 5) is 19.7. The first-order chi connectivity index (χ1) is 15.2. The number of rotatable bonds is 2. The van der Waals surface area contributed by atoms with E-state index in [-0.39, 0.29) is 18.0 Å². The summed E-state index contributed by atoms with van der Waals surface area (Å²) in [6.45, 7) is 6.86. The Bertz CT molecular complexity index is 1310. The summed E-state index contributed by atoms with van der Waals surface area (Å²) in [6.07, 6.45) is 4.87. The van der Waals surface area contributed by atoms with Crippen molar-refractivity contribution in [3.8, 4) is 10.6 Å². The molecule has 0 N–H and O–H groups in total. The van der Waals surface area contributed by atoms with Crippen LogP contribution in [0.25, 0.3) is 31.8 Å². The van der Waals surface area contributed by atoms with Crippen molar-refractivity contribution in [3.05, 3.63) is 30.3 Å². The molecule has 5 rings (SSSR count). The highest BCUT2D eigenvalue weighted by Crippen LogP contribution is 2.35. The minimum absolute atomic E-state index is 0.178. The van der Waals surface area contributed by atoms with E-state index in [9.17, 15) is 9.18 Å². The number of aryl methyl sites for hydroxylation is 1. The van der Waals surface area contributed by atoms with Gasteiger partial charge in [-0.05, 0) is 45.7 Å². The smallest absolute Gasteiger partial charge is 0.410 e. The van der Waals surface area contributed by atoms with Gasteiger partial charge in [-0.2, -0.15) is 10.2 Å². The third-order valence-electron chi connectivity index (χ3n) is 5.53. The van der Waals surface area contributed by atoms with Gasteiger partial charge in [-0.1, -0.05) is 11.3 Å². The monoisotopic (exact) mass is 456 g/mol. The number of aromatic nitrogens is 5. The lowest BCUT2D eigenvalue weighted by molar-refractivity contribution is 0.0186. The van der Waals surface area contributed by atoms with Gasteiger partial charge >= 0.3 is 6.09 Å². The number of likely N-dealkylation sites (tertiary alicyclic amines) is 1. The van der Waals surface area contributed by atoms with E-state index in [1.54, 1.807) is 29.0 Å². The minimum atomic E-state index is -0.501. The number of thiazole rings is 1. The van der Waals surface area contributed by atoms with Gasteiger partial charge in [-0.25, -0.2) is 18.9 Å². The van der Waals surface area contributed by atoms with Crippen molar-refractivity contribution in [3.63, 3.8) is 0 Å². The molecule has 0 saturated carbocycles. The predicted molar refractivity (Wildman–Crippen MR) is 121 cm³/mol. The standard InChI is InChI=1S/C22H25FN6O2S/c1-22(2,3)31-21(30)28-7-5-15(6-8-28)29-20-17(11-24-29)25-19(32-20)13-9-14-12-27(4)26-18(14)16(23)10-13/h9-12,15H,5-8H2,1-4H3. The maximum Gasteiger partial charge on any atom is 0.410 e. The quantitative estimate of drug-likeness (QED) is 0.435. The topological polar surface area (TPSA) is 78.1 Å². The van der Waals surface area contributed by atoms with Crippen molar-refractivity contribution in [1.29, 1.82) is 0 Å². The maximum absolute atomic E-state index is 14.5. The number of benzene rings is 1. The fraction of sp³-hybridized carbons (Fsp3) is 0.455. The Hall–Kier alpha value is -3.01. The zero-order valence-corrected chi connectivity index (χ0v) is 19.3. The molecule has 4 aromatic rings. The molecule has 32 heavy (non-hydrogen) atoms. The molecule has 0 unspecified atom stereocenters. The van der Waals surface area contributed by atoms with Crippen LogP contribution in [0.1, 0.15) is 39.7 Å². The van der Waals surface area contributed by atoms with Gasteiger partial charge < -0.3 is 9.64 Å². The summed E-state index contributed by atoms with van der Waals surface area (Å²) in [5, 5.41) is 10.2. The second-order valence-electron chi connectivity index (χ2n) is 9.20. The van der Waals surface area contributed by atoms with E-state index in [2.05, 4.69) is 10.2 Å². The molecule has 1 aromatic carbocycles. The SMILES string of the molecule is Cn1cc2cc(-c3nc4cnn(C5CCN(C(=O)OC(C)(C)C)CC5)c4s3)cc(F)c2n1. The first-order valence-corrected chi connectivity index (χ1v) is 11.4. The van der Waals surface area contributed by atoms with Gasteiger partial charge in [0, 0.05) is 37.3 Å². The summed E-state index contributed by atoms with van der Waals surface area (Å²) in [5.74, 6) is -0.353. The maximum atomic E-state index is 14.5. The van der Waals surface area contributed by atoms with Gasteiger partial charge in [0.1, 0.15) is 26.5 Å². The van der Waals surface area contributed by atoms with E-state index in [4.69, 9.17) is 9.72 Å². The molecular weight excluding hydrogens is 431 g/mol. The first-order valence-electron chi connectivity index (χ1n) is 10.6. The van der Waals surface area contributed by atoms with Gasteiger partial charge in [0.25, 0.3) is 0 Å². The number of hydrogen-bond donors (Lipinski definition) is 0. The molecule has 0 spiro atoms. The summed E-state index contributed by atoms with van der Waals surface area (Å²) in [5.41, 5.74) is 1.39. The van der Waals surface area contributed by atoms with E-state index < -0.39 is 5.60 Å². The fourth-order valence-corrected chi connectivity index (χ4v) is 5.14. The number of ether oxygens (including phenoxy) is 1. The van der Waals surface area contributed by atoms with Crippen molar-refractivity contribution < 1.29 is 13.9 Å². The lowest BCUT2D eigenvalue weighted by Crippen LogP contribution is -2.42. The first kappa shape index (κ1) is 20.9. The molecule has 1 fully saturated rings. The molecule has 1 saturated heterocycles. The highest BCUT2D eigenvalue weighted by molar-refractivity contribution is 7.21. The number of nitrogens with zero attached hydrogens (tertiary/aromatic N) is 6. The van der Waals surface area contributed by atoms with Crippen LogP contribution >= 0.6 is 11.3 Å². The number of hydrogen-bond acceptors (Lipinski definition) is 6. The van der Waals surface area contributed by atoms with Gasteiger partial charge in [-0.15, -0.1) is 0 Å². The molecule has 0 radical (unpaired) electrons. The predicted octanol–water partition coefficient (Wildman–Crippen LogP) is 4.76. The summed E-state index contributed by atoms with van der Waals surface area (Å²) in [6, 6.07) is 3.58. The van der Waals surface area contributed by atoms with Crippen molar-refractivity contribution in [2.45, 2.75) is 45.3 Å². The third-order valence-corrected chi connectivity index (χ3v) is 6.64. The molecule has 0 bridgehead atoms. The van der Waals surface area contributed by atoms with Crippen LogP contribution in [0.2, 0.25) is 0 Å². The second-order valence-corrected chi connectivity index (χ2v) is 10.2. The molecule has 4 heterocycles. The highest BCUT2D eigenvalue weighted by Gasteiger charge is 2.29. The Morgan fingerprint density at radius 3 is 2.72 bits per heavy atom. The Balaban J connectivity index is 1.37. The van der Waals surface area contributed by atoms with E-state index >= 15 is 0 Å². The lowest BCUT2D eigenvalue weighted by atomic mass is 10.1. The van der Waals surface area contributed by atoms with E-state index in [1.165, 1.54) is 17.4 Å². The van der Waals surface area contributed by atoms with Gasteiger partial charge in [0.05, 0.1) is 12.2 Å². The van der Waals surface area contributed by atoms with Crippen LogP contribution in [-0.4, -0.2) is 54.2 Å². The van der Waals surface area contributed by atoms with E-state index in [0.717, 1.165) is 39.1 Å². The van der Waals surface area contributed by atoms with Gasteiger partial charge in [-0.3, -0.25) is 4.68 Å². The molecule has 1 aliphatic heterocycles. The van der Waals surface area contributed by atoms with Crippen LogP contribution in [0.5, 0.6) is 0 Å². The van der Waals surface area contributed by atoms with Crippen molar-refractivity contribution in [2.75, 3.05) is 13.1 Å². The molecule has 3 aromatic heterocycles. The number of amides is 1. The molecule has 168 valence electrons. The molecule has 1 aliphatic rings. The molecule has 10 heteroatoms. The highest BCUT2D eigenvalue weighted by atomic mass is 32.1. The second kappa shape index (κ2) is 7.54. The van der Waals surface area contributed by atoms with Gasteiger partial charge in [0.15, 0.2) is 5.82 Å². The lowest BCUT2D eigenvalue weighted by Gasteiger charge is -2.33. The molecule has 8 nitrogen and oxygen atoms in total. The third kappa shape index (κ3) is 3.83. The molecule has 1 amide bonds. The zero-order chi connectivity index (χ0) is 22.6. The van der Waals surface area contributed by atoms with Crippen LogP contribution in [0.3, 0.4) is 0 Å². The number of fused-ring (bicyclic) bond motifs is 2. The van der Waals surface area contributed by atoms with Crippen LogP contribution in [0.15, 0.2) is 24.5 Å². The van der Waals surface area contributed by atoms with Crippen LogP contribution in [0.4, 0.5) is 9.18 Å². The minimum Gasteiger partial charge on any atom is -0.444 e. The van der Waals surface area contributed by atoms with Crippen LogP contribution in [-0.2, 0) is 11.8 Å². The van der Waals surface area contributed by atoms with E-state index in [0.29, 0.717) is 18.6 Å². The largest absolute Gasteiger partial charge is 0.444 e. The fourth-order valence-electron chi connectivity index (χ4n) is 4.08. The normalized spacial score (nSPS) is 15.7. The molecule has 0 aliphatic carbocycles. The number of halogens is 1. The number of carbonyl (C=O) groups excluding carboxylic acids is 1. The number of carbonyl (C=O) groups is 1. The van der Waals surface area contributed by atoms with Crippen molar-refractivity contribution >= 4 is 38.7 Å². The zero-order valence-electron chi connectivity index (χ0n) is 18.5. The average molecular weight is 457 g/mol. The number of piperidine rings is 1. The average Bonchev–Trinajstić information content (AvgIpc) is 3.40.